The number of benzene rings is 4. The molecule has 2 spiro atoms. The lowest BCUT2D eigenvalue weighted by Gasteiger charge is -2.49. The number of likely N-dealkylation sites (tertiary alicyclic amines) is 2. The number of ether oxygens (including phenoxy) is 2. The van der Waals surface area contributed by atoms with Crippen LogP contribution in [0.3, 0.4) is 0 Å². The Balaban J connectivity index is 0.000000176. The van der Waals surface area contributed by atoms with Crippen molar-refractivity contribution >= 4 is 29.3 Å². The first-order chi connectivity index (χ1) is 52.6. The maximum atomic E-state index is 13.6. The Morgan fingerprint density at radius 1 is 0.555 bits per heavy atom. The molecule has 0 aromatic heterocycles. The monoisotopic (exact) mass is 1510 g/mol. The summed E-state index contributed by atoms with van der Waals surface area (Å²) in [6.07, 6.45) is 16.6. The van der Waals surface area contributed by atoms with Gasteiger partial charge in [0, 0.05) is 91.9 Å². The second-order valence-electron chi connectivity index (χ2n) is 36.3. The number of allylic oxidation sites excluding steroid dienone is 4. The number of aliphatic hydroxyl groups excluding tert-OH is 2. The second kappa shape index (κ2) is 31.1. The van der Waals surface area contributed by atoms with Gasteiger partial charge in [-0.2, -0.15) is 13.2 Å². The molecule has 4 aromatic carbocycles. The zero-order valence-electron chi connectivity index (χ0n) is 65.8. The topological polar surface area (TPSA) is 213 Å². The van der Waals surface area contributed by atoms with Gasteiger partial charge in [-0.25, -0.2) is 0 Å². The fourth-order valence-corrected chi connectivity index (χ4v) is 24.5. The van der Waals surface area contributed by atoms with Crippen molar-refractivity contribution in [2.75, 3.05) is 39.3 Å². The molecular weight excluding hydrogens is 1390 g/mol. The zero-order chi connectivity index (χ0) is 77.5. The molecule has 4 saturated carbocycles. The number of fused-ring (bicyclic) bond motifs is 12. The highest BCUT2D eigenvalue weighted by atomic mass is 19.4. The smallest absolute Gasteiger partial charge is 0.393 e. The number of carbonyl (C=O) groups is 5. The molecule has 8 fully saturated rings. The number of aliphatic hydroxyl groups is 2. The van der Waals surface area contributed by atoms with Gasteiger partial charge in [-0.15, -0.1) is 0 Å². The van der Waals surface area contributed by atoms with Crippen molar-refractivity contribution in [3.8, 4) is 0 Å². The molecule has 0 bridgehead atoms. The normalized spacial score (nSPS) is 36.2. The number of piperidine rings is 2. The lowest BCUT2D eigenvalue weighted by Crippen LogP contribution is -2.55. The van der Waals surface area contributed by atoms with E-state index in [0.717, 1.165) is 115 Å². The molecule has 4 heterocycles. The average Bonchev–Trinajstić information content (AvgIpc) is 1.55. The number of hydrogen-bond donors (Lipinski definition) is 6. The average molecular weight is 1510 g/mol. The molecule has 7 N–H and O–H groups in total. The van der Waals surface area contributed by atoms with Gasteiger partial charge in [0.15, 0.2) is 11.6 Å². The van der Waals surface area contributed by atoms with Crippen molar-refractivity contribution < 1.29 is 56.8 Å². The Labute approximate surface area is 648 Å². The van der Waals surface area contributed by atoms with Crippen LogP contribution in [-0.2, 0) is 36.7 Å². The van der Waals surface area contributed by atoms with E-state index in [1.54, 1.807) is 59.7 Å². The van der Waals surface area contributed by atoms with Crippen molar-refractivity contribution in [1.29, 1.82) is 0 Å². The number of nitrogens with two attached hydrogens (primary N) is 1. The summed E-state index contributed by atoms with van der Waals surface area (Å²) in [5.74, 6) is 2.12. The van der Waals surface area contributed by atoms with Crippen molar-refractivity contribution in [3.63, 3.8) is 0 Å². The van der Waals surface area contributed by atoms with E-state index in [2.05, 4.69) is 88.0 Å². The maximum absolute atomic E-state index is 13.6. The highest BCUT2D eigenvalue weighted by Gasteiger charge is 2.64. The van der Waals surface area contributed by atoms with E-state index in [1.165, 1.54) is 41.6 Å². The summed E-state index contributed by atoms with van der Waals surface area (Å²) in [6.45, 7) is 22.9. The number of halogens is 3. The number of amides is 3. The molecule has 18 heteroatoms. The number of nitrogens with one attached hydrogen (secondary N) is 3. The van der Waals surface area contributed by atoms with E-state index in [1.807, 2.05) is 66.0 Å². The Bertz CT molecular complexity index is 4240. The molecule has 0 unspecified atom stereocenters. The minimum Gasteiger partial charge on any atom is -0.393 e. The van der Waals surface area contributed by atoms with Gasteiger partial charge < -0.3 is 41.4 Å². The first kappa shape index (κ1) is 78.4. The number of alkyl halides is 3. The van der Waals surface area contributed by atoms with Gasteiger partial charge >= 0.3 is 12.1 Å². The SMILES string of the molecule is CC1=C2C[C@H]3[C@@H](CC=C4C[C@@H](O)CC[C@@]43C)[C@@H]2CC[C@]12O[C@@H]1C[C@H](C)CN(CCNC(=O)[C@@H](N)Cc3ccc(C(=O)c4ccccc4)cc3)[C@H]1[C@H]2C.CC1=C2C[C@H]3[C@@H](CC=C4C[C@@H](O)CC[C@@]43C)[C@@H]2CC[C@]12O[C@@H]1C[C@H](C)CN(CCNC(=O)[C@H](Cc3ccc(C(=O)c4ccccc4)cc3)NC(=O)C(F)(F)F)[C@H]1[C@H]2C. The van der Waals surface area contributed by atoms with Gasteiger partial charge in [-0.05, 0) is 203 Å². The summed E-state index contributed by atoms with van der Waals surface area (Å²) < 4.78 is 54.9. The third kappa shape index (κ3) is 14.6. The van der Waals surface area contributed by atoms with Gasteiger partial charge in [-0.3, -0.25) is 33.8 Å². The zero-order valence-corrected chi connectivity index (χ0v) is 65.8. The lowest BCUT2D eigenvalue weighted by atomic mass is 9.56. The second-order valence-corrected chi connectivity index (χ2v) is 36.3. The van der Waals surface area contributed by atoms with Crippen molar-refractivity contribution in [1.82, 2.24) is 25.8 Å². The summed E-state index contributed by atoms with van der Waals surface area (Å²) in [7, 11) is 0. The van der Waals surface area contributed by atoms with E-state index in [4.69, 9.17) is 15.2 Å². The molecule has 16 rings (SSSR count). The Morgan fingerprint density at radius 2 is 0.964 bits per heavy atom. The number of carbonyl (C=O) groups excluding carboxylic acids is 5. The Kier molecular flexibility index (Phi) is 22.2. The molecule has 4 saturated heterocycles. The van der Waals surface area contributed by atoms with Crippen LogP contribution in [0.15, 0.2) is 155 Å². The molecule has 4 aromatic rings. The van der Waals surface area contributed by atoms with E-state index in [-0.39, 0.29) is 88.8 Å². The van der Waals surface area contributed by atoms with E-state index in [0.29, 0.717) is 101 Å². The van der Waals surface area contributed by atoms with Crippen LogP contribution in [0.25, 0.3) is 0 Å². The molecular formula is C92H117F3N6O9. The van der Waals surface area contributed by atoms with Crippen LogP contribution in [-0.4, -0.2) is 155 Å². The highest BCUT2D eigenvalue weighted by molar-refractivity contribution is 6.09. The summed E-state index contributed by atoms with van der Waals surface area (Å²) in [5, 5.41) is 28.9. The van der Waals surface area contributed by atoms with Crippen LogP contribution in [0.2, 0.25) is 0 Å². The molecule has 4 aliphatic heterocycles. The van der Waals surface area contributed by atoms with E-state index in [9.17, 15) is 47.4 Å². The summed E-state index contributed by atoms with van der Waals surface area (Å²) >= 11 is 0. The van der Waals surface area contributed by atoms with Crippen LogP contribution >= 0.6 is 0 Å². The lowest BCUT2D eigenvalue weighted by molar-refractivity contribution is -0.174. The maximum Gasteiger partial charge on any atom is 0.471 e. The molecule has 3 amide bonds. The van der Waals surface area contributed by atoms with Gasteiger partial charge in [0.05, 0.1) is 41.7 Å². The molecule has 590 valence electrons. The van der Waals surface area contributed by atoms with Crippen LogP contribution in [0.4, 0.5) is 13.2 Å². The summed E-state index contributed by atoms with van der Waals surface area (Å²) in [4.78, 5) is 69.6. The number of hydrogen-bond acceptors (Lipinski definition) is 12. The van der Waals surface area contributed by atoms with Gasteiger partial charge in [-0.1, -0.05) is 185 Å². The van der Waals surface area contributed by atoms with Crippen molar-refractivity contribution in [2.24, 2.45) is 75.7 Å². The number of rotatable bonds is 17. The highest BCUT2D eigenvalue weighted by Crippen LogP contribution is 2.68. The van der Waals surface area contributed by atoms with Crippen LogP contribution in [0.1, 0.15) is 201 Å². The molecule has 22 atom stereocenters. The summed E-state index contributed by atoms with van der Waals surface area (Å²) in [5.41, 5.74) is 19.1. The van der Waals surface area contributed by atoms with Crippen LogP contribution in [0.5, 0.6) is 0 Å². The summed E-state index contributed by atoms with van der Waals surface area (Å²) in [6, 6.07) is 30.1. The van der Waals surface area contributed by atoms with E-state index < -0.39 is 30.1 Å². The Hall–Kier alpha value is -6.90. The fourth-order valence-electron chi connectivity index (χ4n) is 24.5. The largest absolute Gasteiger partial charge is 0.471 e. The van der Waals surface area contributed by atoms with Crippen LogP contribution < -0.4 is 21.7 Å². The third-order valence-electron chi connectivity index (χ3n) is 30.2. The van der Waals surface area contributed by atoms with Crippen molar-refractivity contribution in [2.45, 2.75) is 237 Å². The van der Waals surface area contributed by atoms with Gasteiger partial charge in [0.1, 0.15) is 6.04 Å². The Morgan fingerprint density at radius 3 is 1.39 bits per heavy atom. The predicted octanol–water partition coefficient (Wildman–Crippen LogP) is 14.0. The quantitative estimate of drug-likeness (QED) is 0.0430. The third-order valence-corrected chi connectivity index (χ3v) is 30.2. The first-order valence-corrected chi connectivity index (χ1v) is 41.6. The first-order valence-electron chi connectivity index (χ1n) is 41.6. The molecule has 15 nitrogen and oxygen atoms in total. The van der Waals surface area contributed by atoms with Gasteiger partial charge in [0.25, 0.3) is 0 Å². The predicted molar refractivity (Wildman–Crippen MR) is 419 cm³/mol. The standard InChI is InChI=1S/C47H58F3N3O5.C45H59N3O4/c1-27-22-40-41(29(3)46(58-40)19-17-35-36-15-14-33-24-34(54)16-18-45(33,4)38(36)25-37(35)28(46)2)53(26-27)21-20-51-43(56)39(52-44(57)47(48,49)50)23-30-10-12-32(13-11-30)42(55)31-8-6-5-7-9-31;1-27-22-40-41(48(26-27)21-20-47-43(51)39(46)23-30-10-12-32(13-11-30)42(50)31-8-6-5-7-9-31)29(3)45(52-40)19-17-35-36-15-14-33-24-34(49)16-18-44(33,4)38(36)25-37(35)28(45)2/h5-14,27,29,34-36,38-41,54H,15-26H2,1-4H3,(H,51,56)(H,52,57);5-14,27,29,34-36,38-41,49H,15-26,46H2,1-4H3,(H,47,51)/t27-,29+,34-,35-,36-,38-,39-,40+,41-,45-,46-;27-,29+,34-,35-,36-,38-,39-,40+,41-,44-,45-/m00/s1. The molecule has 110 heavy (non-hydrogen) atoms. The molecule has 12 aliphatic rings. The van der Waals surface area contributed by atoms with E-state index >= 15 is 0 Å². The fraction of sp³-hybridized carbons (Fsp3) is 0.598. The number of ketones is 2. The number of nitrogens with zero attached hydrogens (tertiary/aromatic N) is 2. The minimum atomic E-state index is -5.15. The van der Waals surface area contributed by atoms with Gasteiger partial charge in [0.2, 0.25) is 11.8 Å². The molecule has 8 aliphatic carbocycles. The minimum absolute atomic E-state index is 0.0148. The van der Waals surface area contributed by atoms with Crippen LogP contribution in [0, 0.1) is 70.0 Å². The molecule has 0 radical (unpaired) electrons. The van der Waals surface area contributed by atoms with Crippen molar-refractivity contribution in [3.05, 3.63) is 188 Å².